The molecule has 0 spiro atoms. The Balaban J connectivity index is 3.58. The molecule has 0 saturated carbocycles. The van der Waals surface area contributed by atoms with Crippen LogP contribution in [0.1, 0.15) is 258 Å². The van der Waals surface area contributed by atoms with Crippen LogP contribution in [0.3, 0.4) is 0 Å². The predicted octanol–water partition coefficient (Wildman–Crippen LogP) is 17.6. The number of amides is 1. The van der Waals surface area contributed by atoms with Gasteiger partial charge in [-0.25, -0.2) is 0 Å². The van der Waals surface area contributed by atoms with Crippen molar-refractivity contribution in [1.82, 2.24) is 5.32 Å². The van der Waals surface area contributed by atoms with Crippen LogP contribution < -0.4 is 5.32 Å². The van der Waals surface area contributed by atoms with Gasteiger partial charge >= 0.3 is 0 Å². The number of aliphatic hydroxyl groups is 2. The molecule has 2 atom stereocenters. The Labute approximate surface area is 386 Å². The molecular formula is C58H103NO3. The maximum Gasteiger partial charge on any atom is 0.220 e. The average molecular weight is 862 g/mol. The van der Waals surface area contributed by atoms with Crippen LogP contribution in [0.15, 0.2) is 85.1 Å². The summed E-state index contributed by atoms with van der Waals surface area (Å²) in [5.41, 5.74) is 0. The predicted molar refractivity (Wildman–Crippen MR) is 276 cm³/mol. The molecule has 1 amide bonds. The molecule has 3 N–H and O–H groups in total. The number of unbranched alkanes of at least 4 members (excludes halogenated alkanes) is 27. The van der Waals surface area contributed by atoms with Crippen LogP contribution >= 0.6 is 0 Å². The number of hydrogen-bond donors (Lipinski definition) is 3. The van der Waals surface area contributed by atoms with Crippen LogP contribution in [0.2, 0.25) is 0 Å². The molecule has 0 aliphatic carbocycles. The van der Waals surface area contributed by atoms with E-state index in [-0.39, 0.29) is 12.5 Å². The van der Waals surface area contributed by atoms with Gasteiger partial charge in [0.1, 0.15) is 0 Å². The minimum absolute atomic E-state index is 0.0638. The first-order valence-corrected chi connectivity index (χ1v) is 26.8. The van der Waals surface area contributed by atoms with Crippen molar-refractivity contribution in [3.8, 4) is 0 Å². The standard InChI is InChI=1S/C58H103NO3/c1-3-5-7-9-11-13-15-17-19-21-23-25-27-29-31-33-35-37-39-41-43-45-47-49-51-53-57(61)56(55-60)59-58(62)54-52-50-48-46-44-42-40-38-36-34-32-30-28-26-24-22-20-18-16-14-12-10-8-6-4-2/h6,8,12,14,18,20,24,26,30,32,36,38,42,44,56-57,60-61H,3-5,7,9-11,13,15-17,19,21-23,25,27-29,31,33-35,37,39-41,43,45-55H2,1-2H3,(H,59,62)/b8-6-,14-12-,20-18-,26-24-,32-30-,38-36-,44-42-. The minimum atomic E-state index is -0.681. The largest absolute Gasteiger partial charge is 0.394 e. The third-order valence-electron chi connectivity index (χ3n) is 11.9. The highest BCUT2D eigenvalue weighted by Crippen LogP contribution is 2.17. The van der Waals surface area contributed by atoms with E-state index in [2.05, 4.69) is 104 Å². The topological polar surface area (TPSA) is 69.6 Å². The quantitative estimate of drug-likeness (QED) is 0.0422. The third kappa shape index (κ3) is 48.6. The molecule has 0 aromatic carbocycles. The highest BCUT2D eigenvalue weighted by Gasteiger charge is 2.20. The zero-order valence-corrected chi connectivity index (χ0v) is 41.1. The molecule has 0 radical (unpaired) electrons. The first kappa shape index (κ1) is 59.6. The highest BCUT2D eigenvalue weighted by molar-refractivity contribution is 5.76. The van der Waals surface area contributed by atoms with Gasteiger partial charge in [0.2, 0.25) is 5.91 Å². The van der Waals surface area contributed by atoms with E-state index >= 15 is 0 Å². The number of rotatable bonds is 48. The molecule has 0 aromatic heterocycles. The lowest BCUT2D eigenvalue weighted by molar-refractivity contribution is -0.123. The smallest absolute Gasteiger partial charge is 0.220 e. The van der Waals surface area contributed by atoms with E-state index in [9.17, 15) is 15.0 Å². The van der Waals surface area contributed by atoms with Crippen molar-refractivity contribution in [3.63, 3.8) is 0 Å². The summed E-state index contributed by atoms with van der Waals surface area (Å²) < 4.78 is 0. The van der Waals surface area contributed by atoms with Crippen molar-refractivity contribution in [1.29, 1.82) is 0 Å². The normalized spacial score (nSPS) is 13.5. The van der Waals surface area contributed by atoms with E-state index in [1.165, 1.54) is 148 Å². The molecule has 0 saturated heterocycles. The SMILES string of the molecule is CC/C=C\C/C=C\C/C=C\C/C=C\C/C=C\C/C=C\C/C=C\CCCCCC(=O)NC(CO)C(O)CCCCCCCCCCCCCCCCCCCCCCCCCCC. The summed E-state index contributed by atoms with van der Waals surface area (Å²) >= 11 is 0. The summed E-state index contributed by atoms with van der Waals surface area (Å²) in [6.07, 6.45) is 77.0. The Bertz CT molecular complexity index is 1110. The Hall–Kier alpha value is -2.43. The molecule has 0 fully saturated rings. The lowest BCUT2D eigenvalue weighted by atomic mass is 10.0. The summed E-state index contributed by atoms with van der Waals surface area (Å²) in [6.45, 7) is 4.24. The molecule has 0 aliphatic heterocycles. The molecule has 0 bridgehead atoms. The fourth-order valence-corrected chi connectivity index (χ4v) is 7.87. The maximum absolute atomic E-state index is 12.5. The summed E-state index contributed by atoms with van der Waals surface area (Å²) in [6, 6.07) is -0.561. The van der Waals surface area contributed by atoms with Gasteiger partial charge in [-0.3, -0.25) is 4.79 Å². The Morgan fingerprint density at radius 3 is 1.05 bits per heavy atom. The number of hydrogen-bond acceptors (Lipinski definition) is 3. The summed E-state index contributed by atoms with van der Waals surface area (Å²) in [5, 5.41) is 23.3. The molecule has 62 heavy (non-hydrogen) atoms. The molecule has 0 aromatic rings. The first-order chi connectivity index (χ1) is 30.7. The molecule has 0 aliphatic rings. The Kier molecular flexibility index (Phi) is 50.8. The van der Waals surface area contributed by atoms with Gasteiger partial charge in [0, 0.05) is 6.42 Å². The lowest BCUT2D eigenvalue weighted by Crippen LogP contribution is -2.45. The number of carbonyl (C=O) groups excluding carboxylic acids is 1. The van der Waals surface area contributed by atoms with E-state index < -0.39 is 12.1 Å². The van der Waals surface area contributed by atoms with Crippen LogP contribution in [0.25, 0.3) is 0 Å². The van der Waals surface area contributed by atoms with Crippen LogP contribution in [-0.2, 0) is 4.79 Å². The van der Waals surface area contributed by atoms with Gasteiger partial charge in [0.15, 0.2) is 0 Å². The highest BCUT2D eigenvalue weighted by atomic mass is 16.3. The molecule has 0 rings (SSSR count). The Morgan fingerprint density at radius 2 is 0.710 bits per heavy atom. The van der Waals surface area contributed by atoms with Crippen LogP contribution in [-0.4, -0.2) is 34.9 Å². The third-order valence-corrected chi connectivity index (χ3v) is 11.9. The van der Waals surface area contributed by atoms with Crippen molar-refractivity contribution in [2.24, 2.45) is 0 Å². The van der Waals surface area contributed by atoms with Crippen LogP contribution in [0, 0.1) is 0 Å². The minimum Gasteiger partial charge on any atom is -0.394 e. The van der Waals surface area contributed by atoms with E-state index in [1.807, 2.05) is 0 Å². The van der Waals surface area contributed by atoms with Gasteiger partial charge in [-0.05, 0) is 70.6 Å². The van der Waals surface area contributed by atoms with Crippen molar-refractivity contribution in [2.45, 2.75) is 270 Å². The summed E-state index contributed by atoms with van der Waals surface area (Å²) in [7, 11) is 0. The second kappa shape index (κ2) is 52.9. The number of carbonyl (C=O) groups is 1. The number of aliphatic hydroxyl groups excluding tert-OH is 2. The van der Waals surface area contributed by atoms with Crippen molar-refractivity contribution in [3.05, 3.63) is 85.1 Å². The fourth-order valence-electron chi connectivity index (χ4n) is 7.87. The van der Waals surface area contributed by atoms with Gasteiger partial charge in [0.25, 0.3) is 0 Å². The monoisotopic (exact) mass is 862 g/mol. The van der Waals surface area contributed by atoms with E-state index in [4.69, 9.17) is 0 Å². The molecule has 358 valence electrons. The van der Waals surface area contributed by atoms with E-state index in [0.29, 0.717) is 12.8 Å². The fraction of sp³-hybridized carbons (Fsp3) is 0.741. The van der Waals surface area contributed by atoms with Crippen molar-refractivity contribution in [2.75, 3.05) is 6.61 Å². The average Bonchev–Trinajstić information content (AvgIpc) is 3.28. The van der Waals surface area contributed by atoms with Crippen molar-refractivity contribution >= 4 is 5.91 Å². The summed E-state index contributed by atoms with van der Waals surface area (Å²) in [4.78, 5) is 12.5. The van der Waals surface area contributed by atoms with E-state index in [0.717, 1.165) is 83.5 Å². The molecule has 4 heteroatoms. The number of nitrogens with one attached hydrogen (secondary N) is 1. The zero-order chi connectivity index (χ0) is 44.9. The van der Waals surface area contributed by atoms with Gasteiger partial charge in [-0.1, -0.05) is 266 Å². The van der Waals surface area contributed by atoms with Crippen LogP contribution in [0.4, 0.5) is 0 Å². The van der Waals surface area contributed by atoms with Gasteiger partial charge in [-0.2, -0.15) is 0 Å². The van der Waals surface area contributed by atoms with Crippen LogP contribution in [0.5, 0.6) is 0 Å². The van der Waals surface area contributed by atoms with E-state index in [1.54, 1.807) is 0 Å². The van der Waals surface area contributed by atoms with Gasteiger partial charge in [-0.15, -0.1) is 0 Å². The molecule has 0 heterocycles. The maximum atomic E-state index is 12.5. The zero-order valence-electron chi connectivity index (χ0n) is 41.1. The second-order valence-corrected chi connectivity index (χ2v) is 17.9. The number of allylic oxidation sites excluding steroid dienone is 14. The molecular weight excluding hydrogens is 759 g/mol. The molecule has 4 nitrogen and oxygen atoms in total. The first-order valence-electron chi connectivity index (χ1n) is 26.8. The Morgan fingerprint density at radius 1 is 0.403 bits per heavy atom. The lowest BCUT2D eigenvalue weighted by Gasteiger charge is -2.22. The van der Waals surface area contributed by atoms with Gasteiger partial charge < -0.3 is 15.5 Å². The van der Waals surface area contributed by atoms with Crippen molar-refractivity contribution < 1.29 is 15.0 Å². The molecule has 2 unspecified atom stereocenters. The second-order valence-electron chi connectivity index (χ2n) is 17.9. The van der Waals surface area contributed by atoms with Gasteiger partial charge in [0.05, 0.1) is 18.8 Å². The summed E-state index contributed by atoms with van der Waals surface area (Å²) in [5.74, 6) is -0.0638.